The lowest BCUT2D eigenvalue weighted by Gasteiger charge is -2.23. The van der Waals surface area contributed by atoms with Crippen LogP contribution in [0.1, 0.15) is 36.2 Å². The molecule has 0 aromatic heterocycles. The Morgan fingerprint density at radius 2 is 1.68 bits per heavy atom. The van der Waals surface area contributed by atoms with Gasteiger partial charge in [0.1, 0.15) is 0 Å². The zero-order valence-corrected chi connectivity index (χ0v) is 18.4. The number of nitrogens with one attached hydrogen (secondary N) is 2. The molecule has 0 saturated heterocycles. The average Bonchev–Trinajstić information content (AvgIpc) is 2.76. The van der Waals surface area contributed by atoms with Crippen LogP contribution >= 0.6 is 0 Å². The first-order chi connectivity index (χ1) is 14.9. The van der Waals surface area contributed by atoms with Crippen molar-refractivity contribution in [2.45, 2.75) is 26.8 Å². The van der Waals surface area contributed by atoms with Gasteiger partial charge in [-0.25, -0.2) is 0 Å². The zero-order chi connectivity index (χ0) is 22.6. The molecule has 0 spiro atoms. The molecule has 2 N–H and O–H groups in total. The van der Waals surface area contributed by atoms with Crippen LogP contribution in [0.15, 0.2) is 54.6 Å². The SMILES string of the molecule is COC(=O)CCN(CC(=O)Nc1ccccc1C(=O)NCc1ccccc1)CC(C)C. The largest absolute Gasteiger partial charge is 0.469 e. The quantitative estimate of drug-likeness (QED) is 0.540. The van der Waals surface area contributed by atoms with E-state index in [0.717, 1.165) is 5.56 Å². The molecule has 0 radical (unpaired) electrons. The van der Waals surface area contributed by atoms with Gasteiger partial charge in [-0.2, -0.15) is 0 Å². The van der Waals surface area contributed by atoms with Crippen molar-refractivity contribution < 1.29 is 19.1 Å². The number of carbonyl (C=O) groups is 3. The smallest absolute Gasteiger partial charge is 0.306 e. The zero-order valence-electron chi connectivity index (χ0n) is 18.4. The van der Waals surface area contributed by atoms with Gasteiger partial charge in [0, 0.05) is 19.6 Å². The summed E-state index contributed by atoms with van der Waals surface area (Å²) in [6.07, 6.45) is 0.217. The van der Waals surface area contributed by atoms with Crippen LogP contribution in [0.5, 0.6) is 0 Å². The van der Waals surface area contributed by atoms with Gasteiger partial charge in [0.05, 0.1) is 31.3 Å². The summed E-state index contributed by atoms with van der Waals surface area (Å²) in [5.74, 6) is -0.477. The van der Waals surface area contributed by atoms with Crippen LogP contribution in [0.2, 0.25) is 0 Å². The third kappa shape index (κ3) is 8.60. The maximum atomic E-state index is 12.7. The lowest BCUT2D eigenvalue weighted by molar-refractivity contribution is -0.141. The molecule has 0 fully saturated rings. The highest BCUT2D eigenvalue weighted by atomic mass is 16.5. The molecule has 0 aliphatic carbocycles. The van der Waals surface area contributed by atoms with Crippen LogP contribution in [0.4, 0.5) is 5.69 Å². The number of para-hydroxylation sites is 1. The van der Waals surface area contributed by atoms with E-state index in [-0.39, 0.29) is 30.7 Å². The topological polar surface area (TPSA) is 87.7 Å². The summed E-state index contributed by atoms with van der Waals surface area (Å²) in [5, 5.41) is 5.72. The van der Waals surface area contributed by atoms with Gasteiger partial charge in [0.2, 0.25) is 5.91 Å². The number of anilines is 1. The summed E-state index contributed by atoms with van der Waals surface area (Å²) < 4.78 is 4.69. The highest BCUT2D eigenvalue weighted by Gasteiger charge is 2.17. The fourth-order valence-electron chi connectivity index (χ4n) is 3.16. The van der Waals surface area contributed by atoms with Gasteiger partial charge in [0.25, 0.3) is 5.91 Å². The second-order valence-corrected chi connectivity index (χ2v) is 7.72. The molecule has 0 unspecified atom stereocenters. The maximum absolute atomic E-state index is 12.7. The first-order valence-electron chi connectivity index (χ1n) is 10.4. The average molecular weight is 426 g/mol. The van der Waals surface area contributed by atoms with Crippen LogP contribution in [0, 0.1) is 5.92 Å². The van der Waals surface area contributed by atoms with Crippen molar-refractivity contribution in [2.75, 3.05) is 32.1 Å². The third-order valence-electron chi connectivity index (χ3n) is 4.59. The van der Waals surface area contributed by atoms with Crippen LogP contribution in [-0.4, -0.2) is 49.4 Å². The van der Waals surface area contributed by atoms with Crippen molar-refractivity contribution in [3.63, 3.8) is 0 Å². The molecule has 2 aromatic carbocycles. The second-order valence-electron chi connectivity index (χ2n) is 7.72. The summed E-state index contributed by atoms with van der Waals surface area (Å²) >= 11 is 0. The molecule has 7 heteroatoms. The number of carbonyl (C=O) groups excluding carboxylic acids is 3. The molecule has 0 bridgehead atoms. The minimum absolute atomic E-state index is 0.120. The van der Waals surface area contributed by atoms with Crippen molar-refractivity contribution in [1.29, 1.82) is 0 Å². The molecular weight excluding hydrogens is 394 g/mol. The molecule has 0 heterocycles. The molecule has 2 aromatic rings. The summed E-state index contributed by atoms with van der Waals surface area (Å²) in [5.41, 5.74) is 1.85. The monoisotopic (exact) mass is 425 g/mol. The van der Waals surface area contributed by atoms with Crippen molar-refractivity contribution >= 4 is 23.5 Å². The number of rotatable bonds is 11. The van der Waals surface area contributed by atoms with Gasteiger partial charge in [-0.3, -0.25) is 19.3 Å². The van der Waals surface area contributed by atoms with E-state index in [1.54, 1.807) is 24.3 Å². The Bertz CT molecular complexity index is 868. The van der Waals surface area contributed by atoms with Crippen molar-refractivity contribution in [3.8, 4) is 0 Å². The van der Waals surface area contributed by atoms with E-state index in [0.29, 0.717) is 36.8 Å². The summed E-state index contributed by atoms with van der Waals surface area (Å²) in [6.45, 7) is 5.72. The number of amides is 2. The maximum Gasteiger partial charge on any atom is 0.306 e. The highest BCUT2D eigenvalue weighted by Crippen LogP contribution is 2.15. The Hall–Kier alpha value is -3.19. The number of hydrogen-bond acceptors (Lipinski definition) is 5. The normalized spacial score (nSPS) is 10.7. The molecule has 2 amide bonds. The summed E-state index contributed by atoms with van der Waals surface area (Å²) in [7, 11) is 1.35. The first kappa shape index (κ1) is 24.1. The van der Waals surface area contributed by atoms with E-state index in [1.165, 1.54) is 7.11 Å². The van der Waals surface area contributed by atoms with Gasteiger partial charge < -0.3 is 15.4 Å². The van der Waals surface area contributed by atoms with E-state index in [9.17, 15) is 14.4 Å². The van der Waals surface area contributed by atoms with E-state index in [2.05, 4.69) is 24.5 Å². The number of methoxy groups -OCH3 is 1. The number of benzene rings is 2. The van der Waals surface area contributed by atoms with Gasteiger partial charge in [-0.05, 0) is 23.6 Å². The van der Waals surface area contributed by atoms with Crippen LogP contribution in [0.25, 0.3) is 0 Å². The molecule has 7 nitrogen and oxygen atoms in total. The number of nitrogens with zero attached hydrogens (tertiary/aromatic N) is 1. The molecule has 0 saturated carbocycles. The van der Waals surface area contributed by atoms with Crippen molar-refractivity contribution in [3.05, 3.63) is 65.7 Å². The number of hydrogen-bond donors (Lipinski definition) is 2. The van der Waals surface area contributed by atoms with Gasteiger partial charge in [0.15, 0.2) is 0 Å². The molecule has 0 aliphatic rings. The van der Waals surface area contributed by atoms with E-state index < -0.39 is 0 Å². The second kappa shape index (κ2) is 12.5. The van der Waals surface area contributed by atoms with E-state index >= 15 is 0 Å². The minimum Gasteiger partial charge on any atom is -0.469 e. The van der Waals surface area contributed by atoms with Crippen molar-refractivity contribution in [1.82, 2.24) is 10.2 Å². The Labute approximate surface area is 183 Å². The molecule has 0 atom stereocenters. The van der Waals surface area contributed by atoms with Crippen LogP contribution in [-0.2, 0) is 20.9 Å². The predicted molar refractivity (Wildman–Crippen MR) is 121 cm³/mol. The molecular formula is C24H31N3O4. The van der Waals surface area contributed by atoms with Gasteiger partial charge in [-0.1, -0.05) is 56.3 Å². The minimum atomic E-state index is -0.311. The Morgan fingerprint density at radius 1 is 1.00 bits per heavy atom. The van der Waals surface area contributed by atoms with Crippen LogP contribution in [0.3, 0.4) is 0 Å². The Morgan fingerprint density at radius 3 is 2.35 bits per heavy atom. The summed E-state index contributed by atoms with van der Waals surface area (Å²) in [4.78, 5) is 38.7. The molecule has 2 rings (SSSR count). The molecule has 166 valence electrons. The van der Waals surface area contributed by atoms with E-state index in [1.807, 2.05) is 35.2 Å². The standard InChI is InChI=1S/C24H31N3O4/c1-18(2)16-27(14-13-23(29)31-3)17-22(28)26-21-12-8-7-11-20(21)24(30)25-15-19-9-5-4-6-10-19/h4-12,18H,13-17H2,1-3H3,(H,25,30)(H,26,28). The number of esters is 1. The fraction of sp³-hybridized carbons (Fsp3) is 0.375. The summed E-state index contributed by atoms with van der Waals surface area (Å²) in [6, 6.07) is 16.5. The lowest BCUT2D eigenvalue weighted by Crippen LogP contribution is -2.37. The fourth-order valence-corrected chi connectivity index (χ4v) is 3.16. The third-order valence-corrected chi connectivity index (χ3v) is 4.59. The molecule has 0 aliphatic heterocycles. The van der Waals surface area contributed by atoms with Crippen LogP contribution < -0.4 is 10.6 Å². The molecule has 31 heavy (non-hydrogen) atoms. The van der Waals surface area contributed by atoms with E-state index in [4.69, 9.17) is 4.74 Å². The Kier molecular flexibility index (Phi) is 9.71. The Balaban J connectivity index is 1.99. The van der Waals surface area contributed by atoms with Gasteiger partial charge in [-0.15, -0.1) is 0 Å². The first-order valence-corrected chi connectivity index (χ1v) is 10.4. The number of ether oxygens (including phenoxy) is 1. The van der Waals surface area contributed by atoms with Crippen molar-refractivity contribution in [2.24, 2.45) is 5.92 Å². The lowest BCUT2D eigenvalue weighted by atomic mass is 10.1. The highest BCUT2D eigenvalue weighted by molar-refractivity contribution is 6.04. The van der Waals surface area contributed by atoms with Gasteiger partial charge >= 0.3 is 5.97 Å². The predicted octanol–water partition coefficient (Wildman–Crippen LogP) is 3.08.